The Labute approximate surface area is 85.1 Å². The van der Waals surface area contributed by atoms with Crippen molar-refractivity contribution in [3.63, 3.8) is 0 Å². The first kappa shape index (κ1) is 9.32. The number of nitrogens with zero attached hydrogens (tertiary/aromatic N) is 3. The molecule has 1 N–H and O–H groups in total. The predicted octanol–water partition coefficient (Wildman–Crippen LogP) is 1.58. The van der Waals surface area contributed by atoms with E-state index in [1.807, 2.05) is 0 Å². The molecule has 76 valence electrons. The highest BCUT2D eigenvalue weighted by Crippen LogP contribution is 2.24. The van der Waals surface area contributed by atoms with Crippen LogP contribution in [0.5, 0.6) is 0 Å². The van der Waals surface area contributed by atoms with E-state index in [1.165, 1.54) is 6.07 Å². The molecule has 0 aliphatic rings. The number of hydrogen-bond acceptors (Lipinski definition) is 5. The van der Waals surface area contributed by atoms with E-state index in [4.69, 9.17) is 0 Å². The first-order chi connectivity index (χ1) is 7.22. The summed E-state index contributed by atoms with van der Waals surface area (Å²) in [4.78, 5) is 18.3. The van der Waals surface area contributed by atoms with E-state index in [-0.39, 0.29) is 11.5 Å². The van der Waals surface area contributed by atoms with Gasteiger partial charge in [0.1, 0.15) is 0 Å². The molecule has 6 heteroatoms. The third kappa shape index (κ3) is 1.56. The van der Waals surface area contributed by atoms with Crippen molar-refractivity contribution in [2.24, 2.45) is 0 Å². The van der Waals surface area contributed by atoms with E-state index in [2.05, 4.69) is 15.3 Å². The molecule has 0 aliphatic carbocycles. The van der Waals surface area contributed by atoms with Crippen molar-refractivity contribution in [2.45, 2.75) is 0 Å². The normalized spacial score (nSPS) is 10.2. The molecule has 2 aromatic heterocycles. The van der Waals surface area contributed by atoms with Gasteiger partial charge in [0, 0.05) is 19.3 Å². The zero-order chi connectivity index (χ0) is 10.8. The van der Waals surface area contributed by atoms with Crippen LogP contribution >= 0.6 is 0 Å². The number of anilines is 1. The Balaban J connectivity index is 2.74. The van der Waals surface area contributed by atoms with Gasteiger partial charge in [-0.2, -0.15) is 0 Å². The summed E-state index contributed by atoms with van der Waals surface area (Å²) < 4.78 is 0. The van der Waals surface area contributed by atoms with E-state index in [9.17, 15) is 10.1 Å². The minimum atomic E-state index is -0.479. The highest BCUT2D eigenvalue weighted by Gasteiger charge is 2.15. The van der Waals surface area contributed by atoms with Crippen LogP contribution < -0.4 is 5.32 Å². The predicted molar refractivity (Wildman–Crippen MR) is 55.7 cm³/mol. The zero-order valence-electron chi connectivity index (χ0n) is 7.97. The highest BCUT2D eigenvalue weighted by atomic mass is 16.6. The number of nitrogens with one attached hydrogen (secondary N) is 1. The van der Waals surface area contributed by atoms with Crippen molar-refractivity contribution < 1.29 is 4.92 Å². The molecule has 2 rings (SSSR count). The number of fused-ring (bicyclic) bond motifs is 1. The smallest absolute Gasteiger partial charge is 0.313 e. The summed E-state index contributed by atoms with van der Waals surface area (Å²) in [5, 5.41) is 13.4. The Morgan fingerprint density at radius 2 is 2.27 bits per heavy atom. The van der Waals surface area contributed by atoms with Crippen LogP contribution in [0.1, 0.15) is 0 Å². The number of aromatic nitrogens is 2. The largest absolute Gasteiger partial charge is 0.367 e. The highest BCUT2D eigenvalue weighted by molar-refractivity contribution is 5.80. The van der Waals surface area contributed by atoms with Crippen molar-refractivity contribution in [3.8, 4) is 0 Å². The maximum atomic E-state index is 10.7. The molecule has 0 fully saturated rings. The molecule has 0 atom stereocenters. The van der Waals surface area contributed by atoms with Gasteiger partial charge >= 0.3 is 5.69 Å². The summed E-state index contributed by atoms with van der Waals surface area (Å²) in [7, 11) is 1.59. The van der Waals surface area contributed by atoms with Gasteiger partial charge in [-0.05, 0) is 12.1 Å². The second-order valence-corrected chi connectivity index (χ2v) is 2.90. The van der Waals surface area contributed by atoms with Crippen LogP contribution in [-0.2, 0) is 0 Å². The molecule has 6 nitrogen and oxygen atoms in total. The molecule has 0 radical (unpaired) electrons. The van der Waals surface area contributed by atoms with Crippen LogP contribution in [0.25, 0.3) is 11.0 Å². The van der Waals surface area contributed by atoms with Gasteiger partial charge in [0.2, 0.25) is 5.82 Å². The molecule has 0 aromatic carbocycles. The summed E-state index contributed by atoms with van der Waals surface area (Å²) in [5.74, 6) is 0.250. The average molecular weight is 204 g/mol. The SMILES string of the molecule is CNc1nc2cccnc2cc1[N+](=O)[O-]. The van der Waals surface area contributed by atoms with E-state index in [1.54, 1.807) is 25.4 Å². The van der Waals surface area contributed by atoms with Gasteiger partial charge in [-0.1, -0.05) is 0 Å². The topological polar surface area (TPSA) is 81.0 Å². The van der Waals surface area contributed by atoms with Crippen molar-refractivity contribution in [1.29, 1.82) is 0 Å². The molecule has 0 unspecified atom stereocenters. The monoisotopic (exact) mass is 204 g/mol. The van der Waals surface area contributed by atoms with Crippen molar-refractivity contribution in [3.05, 3.63) is 34.5 Å². The minimum Gasteiger partial charge on any atom is -0.367 e. The quantitative estimate of drug-likeness (QED) is 0.593. The van der Waals surface area contributed by atoms with E-state index < -0.39 is 4.92 Å². The van der Waals surface area contributed by atoms with Crippen molar-refractivity contribution in [1.82, 2.24) is 9.97 Å². The lowest BCUT2D eigenvalue weighted by molar-refractivity contribution is -0.384. The van der Waals surface area contributed by atoms with Gasteiger partial charge in [0.05, 0.1) is 16.0 Å². The molecular weight excluding hydrogens is 196 g/mol. The van der Waals surface area contributed by atoms with Crippen LogP contribution in [0.15, 0.2) is 24.4 Å². The second-order valence-electron chi connectivity index (χ2n) is 2.90. The van der Waals surface area contributed by atoms with Gasteiger partial charge in [-0.3, -0.25) is 15.1 Å². The lowest BCUT2D eigenvalue weighted by atomic mass is 10.3. The maximum absolute atomic E-state index is 10.7. The summed E-state index contributed by atoms with van der Waals surface area (Å²) >= 11 is 0. The molecule has 0 aliphatic heterocycles. The molecule has 0 spiro atoms. The Morgan fingerprint density at radius 1 is 1.47 bits per heavy atom. The third-order valence-electron chi connectivity index (χ3n) is 2.00. The number of rotatable bonds is 2. The number of hydrogen-bond donors (Lipinski definition) is 1. The fraction of sp³-hybridized carbons (Fsp3) is 0.111. The molecule has 2 heterocycles. The first-order valence-corrected chi connectivity index (χ1v) is 4.30. The molecule has 0 saturated heterocycles. The maximum Gasteiger partial charge on any atom is 0.313 e. The van der Waals surface area contributed by atoms with E-state index in [0.29, 0.717) is 11.0 Å². The summed E-state index contributed by atoms with van der Waals surface area (Å²) in [6.45, 7) is 0. The van der Waals surface area contributed by atoms with Gasteiger partial charge < -0.3 is 5.32 Å². The van der Waals surface area contributed by atoms with Crippen molar-refractivity contribution >= 4 is 22.5 Å². The minimum absolute atomic E-state index is 0.0660. The number of nitro groups is 1. The fourth-order valence-corrected chi connectivity index (χ4v) is 1.31. The summed E-state index contributed by atoms with van der Waals surface area (Å²) in [6, 6.07) is 4.90. The van der Waals surface area contributed by atoms with Gasteiger partial charge in [0.25, 0.3) is 0 Å². The Bertz CT molecular complexity index is 527. The van der Waals surface area contributed by atoms with Crippen LogP contribution in [0.3, 0.4) is 0 Å². The number of pyridine rings is 2. The Hall–Kier alpha value is -2.24. The van der Waals surface area contributed by atoms with Crippen LogP contribution in [0.2, 0.25) is 0 Å². The molecule has 15 heavy (non-hydrogen) atoms. The third-order valence-corrected chi connectivity index (χ3v) is 2.00. The van der Waals surface area contributed by atoms with Crippen LogP contribution in [0.4, 0.5) is 11.5 Å². The Kier molecular flexibility index (Phi) is 2.17. The lowest BCUT2D eigenvalue weighted by Gasteiger charge is -2.02. The van der Waals surface area contributed by atoms with Gasteiger partial charge in [-0.25, -0.2) is 4.98 Å². The molecular formula is C9H8N4O2. The van der Waals surface area contributed by atoms with Crippen molar-refractivity contribution in [2.75, 3.05) is 12.4 Å². The van der Waals surface area contributed by atoms with E-state index >= 15 is 0 Å². The summed E-state index contributed by atoms with van der Waals surface area (Å²) in [5.41, 5.74) is 1.08. The van der Waals surface area contributed by atoms with Crippen LogP contribution in [-0.4, -0.2) is 21.9 Å². The van der Waals surface area contributed by atoms with Crippen LogP contribution in [0, 0.1) is 10.1 Å². The molecule has 0 saturated carbocycles. The van der Waals surface area contributed by atoms with Gasteiger partial charge in [-0.15, -0.1) is 0 Å². The average Bonchev–Trinajstić information content (AvgIpc) is 2.27. The second kappa shape index (κ2) is 3.49. The molecule has 0 bridgehead atoms. The fourth-order valence-electron chi connectivity index (χ4n) is 1.31. The van der Waals surface area contributed by atoms with E-state index in [0.717, 1.165) is 0 Å². The summed E-state index contributed by atoms with van der Waals surface area (Å²) in [6.07, 6.45) is 1.58. The molecule has 2 aromatic rings. The zero-order valence-corrected chi connectivity index (χ0v) is 7.97. The lowest BCUT2D eigenvalue weighted by Crippen LogP contribution is -2.00. The molecule has 0 amide bonds. The first-order valence-electron chi connectivity index (χ1n) is 4.30. The standard InChI is InChI=1S/C9H8N4O2/c1-10-9-8(13(14)15)5-7-6(12-9)3-2-4-11-7/h2-5H,1H3,(H,10,12). The Morgan fingerprint density at radius 3 is 2.93 bits per heavy atom. The van der Waals surface area contributed by atoms with Gasteiger partial charge in [0.15, 0.2) is 0 Å².